The molecule has 0 aromatic carbocycles. The van der Waals surface area contributed by atoms with E-state index in [0.717, 1.165) is 0 Å². The molecule has 0 heterocycles. The van der Waals surface area contributed by atoms with Crippen molar-refractivity contribution in [2.45, 2.75) is 0 Å². The molecule has 0 aromatic heterocycles. The lowest BCUT2D eigenvalue weighted by atomic mass is 10.7. The SMILES string of the molecule is O=C(O)C(=O)O[Cl+2]([O-])[O-]. The van der Waals surface area contributed by atoms with E-state index < -0.39 is 22.7 Å². The van der Waals surface area contributed by atoms with Gasteiger partial charge in [-0.1, -0.05) is 4.29 Å². The van der Waals surface area contributed by atoms with Crippen molar-refractivity contribution in [3.05, 3.63) is 0 Å². The summed E-state index contributed by atoms with van der Waals surface area (Å²) in [5.41, 5.74) is 0. The van der Waals surface area contributed by atoms with Gasteiger partial charge in [-0.15, -0.1) is 0 Å². The molecule has 0 radical (unpaired) electrons. The fourth-order valence-electron chi connectivity index (χ4n) is 0.0902. The lowest BCUT2D eigenvalue weighted by Crippen LogP contribution is -2.38. The van der Waals surface area contributed by atoms with Gasteiger partial charge in [-0.05, 0) is 0 Å². The summed E-state index contributed by atoms with van der Waals surface area (Å²) in [5.74, 6) is -3.79. The monoisotopic (exact) mass is 156 g/mol. The lowest BCUT2D eigenvalue weighted by molar-refractivity contribution is -1.62. The number of halogens is 1. The second-order valence-corrected chi connectivity index (χ2v) is 1.39. The Morgan fingerprint density at radius 1 is 1.44 bits per heavy atom. The second kappa shape index (κ2) is 3.23. The molecule has 0 rings (SSSR count). The summed E-state index contributed by atoms with van der Waals surface area (Å²) in [6.07, 6.45) is 0. The average molecular weight is 156 g/mol. The maximum Gasteiger partial charge on any atom is 0.528 e. The maximum absolute atomic E-state index is 9.73. The number of hydrogen-bond acceptors (Lipinski definition) is 5. The maximum atomic E-state index is 9.73. The molecule has 0 unspecified atom stereocenters. The van der Waals surface area contributed by atoms with Crippen LogP contribution in [0.5, 0.6) is 0 Å². The fourth-order valence-corrected chi connectivity index (χ4v) is 0.271. The average Bonchev–Trinajstić information content (AvgIpc) is 1.63. The Morgan fingerprint density at radius 3 is 2.00 bits per heavy atom. The van der Waals surface area contributed by atoms with Crippen LogP contribution in [0.15, 0.2) is 0 Å². The highest BCUT2D eigenvalue weighted by molar-refractivity contribution is 6.28. The van der Waals surface area contributed by atoms with Gasteiger partial charge >= 0.3 is 22.7 Å². The van der Waals surface area contributed by atoms with Crippen LogP contribution in [0.4, 0.5) is 0 Å². The normalized spacial score (nSPS) is 9.22. The number of aliphatic carboxylic acids is 1. The molecule has 0 amide bonds. The zero-order valence-corrected chi connectivity index (χ0v) is 4.62. The fraction of sp³-hybridized carbons (Fsp3) is 0. The molecule has 7 heteroatoms. The van der Waals surface area contributed by atoms with Crippen molar-refractivity contribution in [2.24, 2.45) is 0 Å². The van der Waals surface area contributed by atoms with Gasteiger partial charge in [0.1, 0.15) is 0 Å². The van der Waals surface area contributed by atoms with Gasteiger partial charge in [-0.25, -0.2) is 9.59 Å². The van der Waals surface area contributed by atoms with Crippen molar-refractivity contribution in [2.75, 3.05) is 0 Å². The first-order valence-corrected chi connectivity index (χ1v) is 2.47. The Labute approximate surface area is 52.1 Å². The summed E-state index contributed by atoms with van der Waals surface area (Å²) in [4.78, 5) is 19.2. The Morgan fingerprint density at radius 2 is 1.89 bits per heavy atom. The molecule has 0 aromatic rings. The van der Waals surface area contributed by atoms with Gasteiger partial charge in [0.05, 0.1) is 0 Å². The smallest absolute Gasteiger partial charge is 0.473 e. The predicted molar refractivity (Wildman–Crippen MR) is 13.7 cm³/mol. The molecule has 0 saturated heterocycles. The van der Waals surface area contributed by atoms with E-state index in [0.29, 0.717) is 0 Å². The van der Waals surface area contributed by atoms with Gasteiger partial charge in [0.15, 0.2) is 0 Å². The number of rotatable bonds is 1. The first-order chi connectivity index (χ1) is 4.04. The van der Waals surface area contributed by atoms with Gasteiger partial charge < -0.3 is 14.4 Å². The van der Waals surface area contributed by atoms with Gasteiger partial charge in [-0.2, -0.15) is 0 Å². The van der Waals surface area contributed by atoms with Crippen LogP contribution in [0.25, 0.3) is 0 Å². The summed E-state index contributed by atoms with van der Waals surface area (Å²) < 4.78 is 21.9. The van der Waals surface area contributed by atoms with E-state index in [1.807, 2.05) is 0 Å². The summed E-state index contributed by atoms with van der Waals surface area (Å²) in [5, 5.41) is 7.68. The molecule has 0 atom stereocenters. The highest BCUT2D eigenvalue weighted by atomic mass is 35.6. The predicted octanol–water partition coefficient (Wildman–Crippen LogP) is -3.30. The van der Waals surface area contributed by atoms with Crippen LogP contribution in [-0.4, -0.2) is 17.0 Å². The van der Waals surface area contributed by atoms with E-state index in [2.05, 4.69) is 4.29 Å². The minimum Gasteiger partial charge on any atom is -0.473 e. The van der Waals surface area contributed by atoms with Crippen LogP contribution in [0.1, 0.15) is 0 Å². The molecule has 9 heavy (non-hydrogen) atoms. The molecular formula is C2HClO6. The molecule has 0 aliphatic carbocycles. The number of carbonyl (C=O) groups is 2. The number of hydrogen-bond donors (Lipinski definition) is 1. The van der Waals surface area contributed by atoms with Crippen molar-refractivity contribution in [3.8, 4) is 0 Å². The van der Waals surface area contributed by atoms with Crippen LogP contribution in [0, 0.1) is 10.8 Å². The van der Waals surface area contributed by atoms with Crippen LogP contribution >= 0.6 is 0 Å². The second-order valence-electron chi connectivity index (χ2n) is 0.859. The minimum atomic E-state index is -2.79. The third kappa shape index (κ3) is 3.71. The van der Waals surface area contributed by atoms with Crippen LogP contribution in [-0.2, 0) is 13.9 Å². The first-order valence-electron chi connectivity index (χ1n) is 1.55. The summed E-state index contributed by atoms with van der Waals surface area (Å²) in [6.45, 7) is 0. The Bertz CT molecular complexity index is 129. The summed E-state index contributed by atoms with van der Waals surface area (Å²) in [7, 11) is -2.79. The zero-order valence-electron chi connectivity index (χ0n) is 3.87. The molecular weight excluding hydrogens is 155 g/mol. The number of carbonyl (C=O) groups excluding carboxylic acids is 1. The Hall–Kier alpha value is -0.850. The standard InChI is InChI=1S/C2HClO6/c4-1(5)2(6)9-3(7)8/h(H,4,5). The zero-order chi connectivity index (χ0) is 7.44. The number of carboxylic acids is 1. The molecule has 0 bridgehead atoms. The summed E-state index contributed by atoms with van der Waals surface area (Å²) in [6, 6.07) is 0. The molecule has 1 N–H and O–H groups in total. The van der Waals surface area contributed by atoms with Crippen molar-refractivity contribution in [1.82, 2.24) is 0 Å². The van der Waals surface area contributed by atoms with E-state index in [1.165, 1.54) is 0 Å². The topological polar surface area (TPSA) is 110 Å². The van der Waals surface area contributed by atoms with Gasteiger partial charge in [0.2, 0.25) is 0 Å². The quantitative estimate of drug-likeness (QED) is 0.398. The third-order valence-electron chi connectivity index (χ3n) is 0.308. The van der Waals surface area contributed by atoms with Gasteiger partial charge in [0.25, 0.3) is 0 Å². The molecule has 52 valence electrons. The Kier molecular flexibility index (Phi) is 2.93. The lowest BCUT2D eigenvalue weighted by Gasteiger charge is -1.87. The van der Waals surface area contributed by atoms with Crippen molar-refractivity contribution < 1.29 is 39.1 Å². The number of carboxylic acid groups (broad SMARTS) is 1. The third-order valence-corrected chi connectivity index (χ3v) is 0.574. The molecule has 0 saturated carbocycles. The molecule has 0 aliphatic heterocycles. The van der Waals surface area contributed by atoms with E-state index in [1.54, 1.807) is 0 Å². The van der Waals surface area contributed by atoms with Crippen molar-refractivity contribution >= 4 is 11.9 Å². The largest absolute Gasteiger partial charge is 0.528 e. The molecule has 0 spiro atoms. The van der Waals surface area contributed by atoms with E-state index in [9.17, 15) is 18.9 Å². The van der Waals surface area contributed by atoms with Crippen LogP contribution in [0.2, 0.25) is 0 Å². The van der Waals surface area contributed by atoms with Gasteiger partial charge in [-0.3, -0.25) is 0 Å². The molecule has 6 nitrogen and oxygen atoms in total. The van der Waals surface area contributed by atoms with E-state index in [4.69, 9.17) is 5.11 Å². The highest BCUT2D eigenvalue weighted by Gasteiger charge is 2.25. The van der Waals surface area contributed by atoms with Crippen LogP contribution < -0.4 is 9.32 Å². The Balaban J connectivity index is 3.65. The van der Waals surface area contributed by atoms with Crippen molar-refractivity contribution in [1.29, 1.82) is 0 Å². The molecule has 0 fully saturated rings. The van der Waals surface area contributed by atoms with Gasteiger partial charge in [0, 0.05) is 0 Å². The highest BCUT2D eigenvalue weighted by Crippen LogP contribution is 1.79. The van der Waals surface area contributed by atoms with Crippen LogP contribution in [0.3, 0.4) is 0 Å². The van der Waals surface area contributed by atoms with Crippen molar-refractivity contribution in [3.63, 3.8) is 0 Å². The van der Waals surface area contributed by atoms with E-state index in [-0.39, 0.29) is 0 Å². The molecule has 0 aliphatic rings. The van der Waals surface area contributed by atoms with E-state index >= 15 is 0 Å². The first kappa shape index (κ1) is 8.15. The minimum absolute atomic E-state index is 1.83. The summed E-state index contributed by atoms with van der Waals surface area (Å²) >= 11 is 0.